The summed E-state index contributed by atoms with van der Waals surface area (Å²) in [6, 6.07) is 18.2. The van der Waals surface area contributed by atoms with Crippen molar-refractivity contribution in [1.29, 1.82) is 0 Å². The van der Waals surface area contributed by atoms with Gasteiger partial charge in [-0.3, -0.25) is 14.8 Å². The lowest BCUT2D eigenvalue weighted by Crippen LogP contribution is -2.17. The molecule has 1 atom stereocenters. The Morgan fingerprint density at radius 2 is 2.03 bits per heavy atom. The number of nitrogens with zero attached hydrogens (tertiary/aromatic N) is 2. The van der Waals surface area contributed by atoms with Gasteiger partial charge in [0, 0.05) is 17.5 Å². The van der Waals surface area contributed by atoms with Gasteiger partial charge in [0.1, 0.15) is 5.75 Å². The van der Waals surface area contributed by atoms with E-state index < -0.39 is 5.91 Å². The SMILES string of the molecule is C=Nc1cc(N[C@@H]2CCCc3ccccc32)cc(-c2ccc(C(N)=O)c(OC)c2)c1N=CC. The number of carbonyl (C=O) groups is 1. The minimum atomic E-state index is -0.537. The molecule has 0 bridgehead atoms. The number of primary amides is 1. The lowest BCUT2D eigenvalue weighted by molar-refractivity contribution is 0.0997. The Labute approximate surface area is 194 Å². The van der Waals surface area contributed by atoms with Crippen molar-refractivity contribution in [2.75, 3.05) is 12.4 Å². The number of aryl methyl sites for hydroxylation is 1. The van der Waals surface area contributed by atoms with Crippen LogP contribution in [0.5, 0.6) is 5.75 Å². The van der Waals surface area contributed by atoms with E-state index in [-0.39, 0.29) is 6.04 Å². The number of nitrogens with one attached hydrogen (secondary N) is 1. The minimum Gasteiger partial charge on any atom is -0.496 e. The summed E-state index contributed by atoms with van der Waals surface area (Å²) in [5, 5.41) is 3.70. The molecule has 0 aliphatic heterocycles. The van der Waals surface area contributed by atoms with Gasteiger partial charge < -0.3 is 15.8 Å². The van der Waals surface area contributed by atoms with Crippen LogP contribution in [0.25, 0.3) is 11.1 Å². The van der Waals surface area contributed by atoms with Gasteiger partial charge in [0.15, 0.2) is 0 Å². The Balaban J connectivity index is 1.82. The zero-order valence-electron chi connectivity index (χ0n) is 19.0. The van der Waals surface area contributed by atoms with Gasteiger partial charge in [0.25, 0.3) is 5.91 Å². The van der Waals surface area contributed by atoms with Crippen molar-refractivity contribution < 1.29 is 9.53 Å². The molecule has 3 aromatic rings. The molecule has 0 saturated heterocycles. The quantitative estimate of drug-likeness (QED) is 0.441. The Bertz CT molecular complexity index is 1230. The first-order chi connectivity index (χ1) is 16.0. The third kappa shape index (κ3) is 4.51. The zero-order valence-corrected chi connectivity index (χ0v) is 19.0. The van der Waals surface area contributed by atoms with Crippen molar-refractivity contribution in [2.24, 2.45) is 15.7 Å². The van der Waals surface area contributed by atoms with Crippen LogP contribution in [0.3, 0.4) is 0 Å². The van der Waals surface area contributed by atoms with Crippen molar-refractivity contribution in [3.05, 3.63) is 71.3 Å². The van der Waals surface area contributed by atoms with Crippen molar-refractivity contribution in [1.82, 2.24) is 0 Å². The molecule has 1 aliphatic rings. The van der Waals surface area contributed by atoms with Crippen LogP contribution in [-0.4, -0.2) is 25.9 Å². The van der Waals surface area contributed by atoms with Gasteiger partial charge in [-0.15, -0.1) is 0 Å². The number of methoxy groups -OCH3 is 1. The Morgan fingerprint density at radius 1 is 1.21 bits per heavy atom. The number of rotatable bonds is 7. The van der Waals surface area contributed by atoms with Crippen molar-refractivity contribution in [3.8, 4) is 16.9 Å². The summed E-state index contributed by atoms with van der Waals surface area (Å²) >= 11 is 0. The molecule has 168 valence electrons. The molecule has 0 aromatic heterocycles. The van der Waals surface area contributed by atoms with Gasteiger partial charge in [0.05, 0.1) is 30.1 Å². The Hall–Kier alpha value is -3.93. The normalized spacial score (nSPS) is 15.2. The van der Waals surface area contributed by atoms with Gasteiger partial charge >= 0.3 is 0 Å². The molecule has 4 rings (SSSR count). The van der Waals surface area contributed by atoms with E-state index >= 15 is 0 Å². The van der Waals surface area contributed by atoms with Crippen LogP contribution in [0, 0.1) is 0 Å². The van der Waals surface area contributed by atoms with E-state index in [2.05, 4.69) is 52.4 Å². The highest BCUT2D eigenvalue weighted by atomic mass is 16.5. The lowest BCUT2D eigenvalue weighted by atomic mass is 9.87. The molecular formula is C27H28N4O2. The zero-order chi connectivity index (χ0) is 23.4. The molecule has 0 saturated carbocycles. The molecule has 3 aromatic carbocycles. The summed E-state index contributed by atoms with van der Waals surface area (Å²) in [6.45, 7) is 5.63. The fourth-order valence-corrected chi connectivity index (χ4v) is 4.48. The summed E-state index contributed by atoms with van der Waals surface area (Å²) in [7, 11) is 1.52. The molecule has 3 N–H and O–H groups in total. The number of anilines is 1. The highest BCUT2D eigenvalue weighted by molar-refractivity contribution is 5.97. The largest absolute Gasteiger partial charge is 0.496 e. The predicted octanol–water partition coefficient (Wildman–Crippen LogP) is 6.00. The van der Waals surface area contributed by atoms with Gasteiger partial charge in [0.2, 0.25) is 0 Å². The summed E-state index contributed by atoms with van der Waals surface area (Å²) in [4.78, 5) is 20.6. The number of hydrogen-bond acceptors (Lipinski definition) is 5. The third-order valence-electron chi connectivity index (χ3n) is 6.01. The van der Waals surface area contributed by atoms with Crippen LogP contribution in [0.4, 0.5) is 17.1 Å². The minimum absolute atomic E-state index is 0.216. The van der Waals surface area contributed by atoms with Gasteiger partial charge in [-0.2, -0.15) is 0 Å². The van der Waals surface area contributed by atoms with Crippen LogP contribution in [0.15, 0.2) is 64.6 Å². The summed E-state index contributed by atoms with van der Waals surface area (Å²) in [6.07, 6.45) is 5.03. The smallest absolute Gasteiger partial charge is 0.252 e. The first-order valence-corrected chi connectivity index (χ1v) is 11.0. The van der Waals surface area contributed by atoms with Gasteiger partial charge in [-0.25, -0.2) is 0 Å². The van der Waals surface area contributed by atoms with E-state index in [4.69, 9.17) is 10.5 Å². The number of fused-ring (bicyclic) bond motifs is 1. The van der Waals surface area contributed by atoms with Gasteiger partial charge in [-0.05, 0) is 73.9 Å². The second kappa shape index (κ2) is 9.69. The standard InChI is InChI=1S/C27H28N4O2/c1-4-30-26-22(18-12-13-21(27(28)32)25(14-18)33-3)15-19(16-24(26)29-2)31-23-11-7-9-17-8-5-6-10-20(17)23/h4-6,8,10,12-16,23,31H,2,7,9,11H2,1,3H3,(H2,28,32)/t23-/m1/s1. The molecule has 0 unspecified atom stereocenters. The maximum atomic E-state index is 11.8. The van der Waals surface area contributed by atoms with E-state index in [1.807, 2.05) is 19.1 Å². The lowest BCUT2D eigenvalue weighted by Gasteiger charge is -2.28. The van der Waals surface area contributed by atoms with E-state index in [9.17, 15) is 4.79 Å². The van der Waals surface area contributed by atoms with Crippen LogP contribution >= 0.6 is 0 Å². The number of hydrogen-bond donors (Lipinski definition) is 2. The second-order valence-corrected chi connectivity index (χ2v) is 8.00. The number of nitrogens with two attached hydrogens (primary N) is 1. The third-order valence-corrected chi connectivity index (χ3v) is 6.01. The maximum absolute atomic E-state index is 11.8. The summed E-state index contributed by atoms with van der Waals surface area (Å²) in [5.41, 5.74) is 12.6. The fraction of sp³-hybridized carbons (Fsp3) is 0.222. The number of carbonyl (C=O) groups excluding carboxylic acids is 1. The first kappa shape index (κ1) is 22.3. The van der Waals surface area contributed by atoms with Crippen molar-refractivity contribution >= 4 is 35.9 Å². The monoisotopic (exact) mass is 440 g/mol. The molecule has 0 spiro atoms. The molecule has 1 aliphatic carbocycles. The number of ether oxygens (including phenoxy) is 1. The van der Waals surface area contributed by atoms with Crippen LogP contribution in [0.2, 0.25) is 0 Å². The molecular weight excluding hydrogens is 412 g/mol. The average molecular weight is 441 g/mol. The molecule has 1 amide bonds. The maximum Gasteiger partial charge on any atom is 0.252 e. The highest BCUT2D eigenvalue weighted by Gasteiger charge is 2.21. The van der Waals surface area contributed by atoms with Crippen LogP contribution < -0.4 is 15.8 Å². The fourth-order valence-electron chi connectivity index (χ4n) is 4.48. The van der Waals surface area contributed by atoms with E-state index in [1.165, 1.54) is 18.2 Å². The van der Waals surface area contributed by atoms with Crippen LogP contribution in [-0.2, 0) is 6.42 Å². The average Bonchev–Trinajstić information content (AvgIpc) is 2.84. The number of benzene rings is 3. The van der Waals surface area contributed by atoms with E-state index in [0.717, 1.165) is 36.1 Å². The predicted molar refractivity (Wildman–Crippen MR) is 136 cm³/mol. The van der Waals surface area contributed by atoms with E-state index in [0.29, 0.717) is 22.7 Å². The van der Waals surface area contributed by atoms with E-state index in [1.54, 1.807) is 18.3 Å². The molecule has 0 radical (unpaired) electrons. The molecule has 0 heterocycles. The second-order valence-electron chi connectivity index (χ2n) is 8.00. The first-order valence-electron chi connectivity index (χ1n) is 11.0. The molecule has 0 fully saturated rings. The molecule has 6 heteroatoms. The number of amides is 1. The molecule has 33 heavy (non-hydrogen) atoms. The molecule has 6 nitrogen and oxygen atoms in total. The van der Waals surface area contributed by atoms with Crippen molar-refractivity contribution in [3.63, 3.8) is 0 Å². The van der Waals surface area contributed by atoms with Crippen LogP contribution in [0.1, 0.15) is 47.3 Å². The highest BCUT2D eigenvalue weighted by Crippen LogP contribution is 2.43. The van der Waals surface area contributed by atoms with Crippen molar-refractivity contribution in [2.45, 2.75) is 32.2 Å². The Morgan fingerprint density at radius 3 is 2.76 bits per heavy atom. The van der Waals surface area contributed by atoms with Gasteiger partial charge in [-0.1, -0.05) is 30.3 Å². The number of aliphatic imine (C=N–C) groups is 2. The Kier molecular flexibility index (Phi) is 6.54. The topological polar surface area (TPSA) is 89.1 Å². The summed E-state index contributed by atoms with van der Waals surface area (Å²) < 4.78 is 5.43. The summed E-state index contributed by atoms with van der Waals surface area (Å²) in [5.74, 6) is -0.121.